The van der Waals surface area contributed by atoms with E-state index in [1.807, 2.05) is 50.5 Å². The highest BCUT2D eigenvalue weighted by molar-refractivity contribution is 6.41. The van der Waals surface area contributed by atoms with E-state index in [1.165, 1.54) is 0 Å². The molecule has 0 aliphatic rings. The Balaban J connectivity index is 2.76. The van der Waals surface area contributed by atoms with Crippen LogP contribution in [0.3, 0.4) is 0 Å². The third kappa shape index (κ3) is 2.46. The molecule has 112 valence electrons. The summed E-state index contributed by atoms with van der Waals surface area (Å²) in [6.07, 6.45) is 0. The van der Waals surface area contributed by atoms with Gasteiger partial charge in [-0.2, -0.15) is 0 Å². The summed E-state index contributed by atoms with van der Waals surface area (Å²) in [6.45, 7) is 9.80. The number of aryl methyl sites for hydroxylation is 2. The zero-order valence-electron chi connectivity index (χ0n) is 13.2. The minimum absolute atomic E-state index is 0.0800. The normalized spacial score (nSPS) is 11.1. The molecule has 1 heterocycles. The molecule has 0 spiro atoms. The molecule has 2 aromatic rings. The number of hydrogen-bond donors (Lipinski definition) is 0. The molecule has 21 heavy (non-hydrogen) atoms. The van der Waals surface area contributed by atoms with Crippen LogP contribution in [-0.2, 0) is 9.53 Å². The van der Waals surface area contributed by atoms with E-state index >= 15 is 0 Å². The molecule has 2 rings (SSSR count). The molecule has 1 aromatic heterocycles. The van der Waals surface area contributed by atoms with Gasteiger partial charge in [-0.3, -0.25) is 4.79 Å². The van der Waals surface area contributed by atoms with E-state index < -0.39 is 11.8 Å². The van der Waals surface area contributed by atoms with E-state index in [9.17, 15) is 9.59 Å². The number of Topliss-reactive ketones (excluding diaryl/α,β-unsaturated/α-hetero) is 1. The van der Waals surface area contributed by atoms with Crippen molar-refractivity contribution in [1.82, 2.24) is 4.57 Å². The number of nitrogens with zero attached hydrogens (tertiary/aromatic N) is 1. The number of esters is 1. The van der Waals surface area contributed by atoms with Gasteiger partial charge in [0.25, 0.3) is 5.78 Å². The second kappa shape index (κ2) is 5.72. The van der Waals surface area contributed by atoms with Crippen molar-refractivity contribution in [3.8, 4) is 0 Å². The molecule has 0 saturated heterocycles. The van der Waals surface area contributed by atoms with Crippen LogP contribution in [0.25, 0.3) is 10.9 Å². The van der Waals surface area contributed by atoms with Crippen LogP contribution < -0.4 is 0 Å². The van der Waals surface area contributed by atoms with Gasteiger partial charge >= 0.3 is 5.97 Å². The first-order chi connectivity index (χ1) is 9.90. The van der Waals surface area contributed by atoms with E-state index in [0.717, 1.165) is 22.0 Å². The Bertz CT molecular complexity index is 710. The highest BCUT2D eigenvalue weighted by Crippen LogP contribution is 2.31. The van der Waals surface area contributed by atoms with Crippen molar-refractivity contribution in [1.29, 1.82) is 0 Å². The second-order valence-electron chi connectivity index (χ2n) is 5.46. The summed E-state index contributed by atoms with van der Waals surface area (Å²) in [6, 6.07) is 6.04. The number of carbonyl (C=O) groups is 2. The van der Waals surface area contributed by atoms with Gasteiger partial charge in [0.1, 0.15) is 5.69 Å². The fourth-order valence-corrected chi connectivity index (χ4v) is 2.87. The van der Waals surface area contributed by atoms with Gasteiger partial charge in [-0.05, 0) is 51.8 Å². The van der Waals surface area contributed by atoms with Crippen LogP contribution in [0, 0.1) is 13.8 Å². The number of rotatable bonds is 4. The molecule has 4 heteroatoms. The summed E-state index contributed by atoms with van der Waals surface area (Å²) < 4.78 is 6.80. The lowest BCUT2D eigenvalue weighted by Gasteiger charge is -2.14. The molecule has 1 aromatic carbocycles. The number of aromatic nitrogens is 1. The van der Waals surface area contributed by atoms with Crippen LogP contribution >= 0.6 is 0 Å². The fraction of sp³-hybridized carbons (Fsp3) is 0.412. The number of ether oxygens (including phenoxy) is 1. The van der Waals surface area contributed by atoms with Crippen LogP contribution in [0.2, 0.25) is 0 Å². The Morgan fingerprint density at radius 1 is 1.24 bits per heavy atom. The van der Waals surface area contributed by atoms with Crippen molar-refractivity contribution in [2.24, 2.45) is 0 Å². The maximum Gasteiger partial charge on any atom is 0.381 e. The third-order valence-electron chi connectivity index (χ3n) is 3.67. The minimum atomic E-state index is -0.789. The maximum atomic E-state index is 12.5. The van der Waals surface area contributed by atoms with E-state index in [2.05, 4.69) is 0 Å². The van der Waals surface area contributed by atoms with E-state index in [1.54, 1.807) is 6.92 Å². The van der Waals surface area contributed by atoms with Gasteiger partial charge in [0.2, 0.25) is 0 Å². The summed E-state index contributed by atoms with van der Waals surface area (Å²) in [5.74, 6) is -1.36. The first-order valence-electron chi connectivity index (χ1n) is 7.21. The van der Waals surface area contributed by atoms with Crippen LogP contribution in [0.5, 0.6) is 0 Å². The van der Waals surface area contributed by atoms with Gasteiger partial charge in [0, 0.05) is 16.9 Å². The topological polar surface area (TPSA) is 48.3 Å². The smallest absolute Gasteiger partial charge is 0.381 e. The molecule has 0 saturated carbocycles. The summed E-state index contributed by atoms with van der Waals surface area (Å²) >= 11 is 0. The largest absolute Gasteiger partial charge is 0.460 e. The number of ketones is 1. The van der Waals surface area contributed by atoms with E-state index in [4.69, 9.17) is 4.74 Å². The average molecular weight is 287 g/mol. The number of hydrogen-bond acceptors (Lipinski definition) is 3. The monoisotopic (exact) mass is 287 g/mol. The number of benzene rings is 1. The molecule has 4 nitrogen and oxygen atoms in total. The molecule has 0 amide bonds. The molecule has 0 N–H and O–H groups in total. The van der Waals surface area contributed by atoms with Crippen LogP contribution in [-0.4, -0.2) is 22.9 Å². The molecule has 0 atom stereocenters. The summed E-state index contributed by atoms with van der Waals surface area (Å²) in [4.78, 5) is 24.3. The first-order valence-corrected chi connectivity index (χ1v) is 7.21. The third-order valence-corrected chi connectivity index (χ3v) is 3.67. The highest BCUT2D eigenvalue weighted by atomic mass is 16.5. The molecule has 0 aliphatic heterocycles. The molecule has 0 bridgehead atoms. The lowest BCUT2D eigenvalue weighted by Crippen LogP contribution is -2.22. The Hall–Kier alpha value is -2.10. The van der Waals surface area contributed by atoms with Crippen molar-refractivity contribution in [2.75, 3.05) is 6.61 Å². The fourth-order valence-electron chi connectivity index (χ4n) is 2.87. The quantitative estimate of drug-likeness (QED) is 0.490. The molecular formula is C17H21NO3. The lowest BCUT2D eigenvalue weighted by molar-refractivity contribution is -0.137. The van der Waals surface area contributed by atoms with E-state index in [0.29, 0.717) is 5.69 Å². The van der Waals surface area contributed by atoms with Crippen LogP contribution in [0.4, 0.5) is 0 Å². The Morgan fingerprint density at radius 2 is 1.90 bits per heavy atom. The predicted octanol–water partition coefficient (Wildman–Crippen LogP) is 3.58. The van der Waals surface area contributed by atoms with Gasteiger partial charge in [0.05, 0.1) is 6.61 Å². The maximum absolute atomic E-state index is 12.5. The average Bonchev–Trinajstić information content (AvgIpc) is 2.72. The Morgan fingerprint density at radius 3 is 2.48 bits per heavy atom. The molecule has 0 fully saturated rings. The predicted molar refractivity (Wildman–Crippen MR) is 82.8 cm³/mol. The summed E-state index contributed by atoms with van der Waals surface area (Å²) in [5.41, 5.74) is 3.36. The highest BCUT2D eigenvalue weighted by Gasteiger charge is 2.27. The zero-order valence-corrected chi connectivity index (χ0v) is 13.2. The van der Waals surface area contributed by atoms with Crippen LogP contribution in [0.15, 0.2) is 18.2 Å². The van der Waals surface area contributed by atoms with Crippen molar-refractivity contribution < 1.29 is 14.3 Å². The van der Waals surface area contributed by atoms with Gasteiger partial charge in [-0.25, -0.2) is 4.79 Å². The van der Waals surface area contributed by atoms with E-state index in [-0.39, 0.29) is 12.6 Å². The van der Waals surface area contributed by atoms with Crippen molar-refractivity contribution in [2.45, 2.75) is 40.7 Å². The Kier molecular flexibility index (Phi) is 4.16. The standard InChI is InChI=1S/C17H21NO3/c1-6-21-17(20)16(19)15-12(5)14-11(4)8-7-9-13(14)18(15)10(2)3/h7-10H,6H2,1-5H3. The molecule has 0 radical (unpaired) electrons. The zero-order chi connectivity index (χ0) is 15.7. The number of fused-ring (bicyclic) bond motifs is 1. The van der Waals surface area contributed by atoms with Crippen molar-refractivity contribution in [3.05, 3.63) is 35.0 Å². The summed E-state index contributed by atoms with van der Waals surface area (Å²) in [5, 5.41) is 1.04. The lowest BCUT2D eigenvalue weighted by atomic mass is 10.1. The molecular weight excluding hydrogens is 266 g/mol. The van der Waals surface area contributed by atoms with Gasteiger partial charge in [-0.15, -0.1) is 0 Å². The van der Waals surface area contributed by atoms with Gasteiger partial charge in [-0.1, -0.05) is 12.1 Å². The van der Waals surface area contributed by atoms with Crippen LogP contribution in [0.1, 0.15) is 48.4 Å². The van der Waals surface area contributed by atoms with Crippen molar-refractivity contribution >= 4 is 22.7 Å². The first kappa shape index (κ1) is 15.3. The SMILES string of the molecule is CCOC(=O)C(=O)c1c(C)c2c(C)cccc2n1C(C)C. The van der Waals surface area contributed by atoms with Gasteiger partial charge in [0.15, 0.2) is 0 Å². The minimum Gasteiger partial charge on any atom is -0.460 e. The Labute approximate surface area is 124 Å². The molecule has 0 aliphatic carbocycles. The van der Waals surface area contributed by atoms with Crippen molar-refractivity contribution in [3.63, 3.8) is 0 Å². The summed E-state index contributed by atoms with van der Waals surface area (Å²) in [7, 11) is 0. The second-order valence-corrected chi connectivity index (χ2v) is 5.46. The molecule has 0 unspecified atom stereocenters. The number of carbonyl (C=O) groups excluding carboxylic acids is 2. The van der Waals surface area contributed by atoms with Gasteiger partial charge < -0.3 is 9.30 Å².